The quantitative estimate of drug-likeness (QED) is 0.829. The van der Waals surface area contributed by atoms with Crippen molar-refractivity contribution in [1.82, 2.24) is 10.2 Å². The number of carbonyl (C=O) groups is 1. The highest BCUT2D eigenvalue weighted by atomic mass is 19.1. The number of nitrogens with zero attached hydrogens (tertiary/aromatic N) is 2. The third-order valence-electron chi connectivity index (χ3n) is 3.07. The van der Waals surface area contributed by atoms with Crippen LogP contribution in [0.5, 0.6) is 0 Å². The number of amides is 1. The maximum atomic E-state index is 13.4. The summed E-state index contributed by atoms with van der Waals surface area (Å²) in [6.45, 7) is 1.37. The van der Waals surface area contributed by atoms with Crippen molar-refractivity contribution in [2.24, 2.45) is 0 Å². The molecule has 0 aliphatic carbocycles. The van der Waals surface area contributed by atoms with Gasteiger partial charge < -0.3 is 10.2 Å². The van der Waals surface area contributed by atoms with E-state index in [0.29, 0.717) is 19.6 Å². The average molecular weight is 277 g/mol. The third-order valence-corrected chi connectivity index (χ3v) is 3.07. The minimum atomic E-state index is -0.730. The molecular weight excluding hydrogens is 264 g/mol. The Morgan fingerprint density at radius 2 is 2.15 bits per heavy atom. The van der Waals surface area contributed by atoms with Crippen molar-refractivity contribution in [2.75, 3.05) is 19.6 Å². The van der Waals surface area contributed by atoms with Gasteiger partial charge in [0.05, 0.1) is 6.07 Å². The molecule has 6 heteroatoms. The minimum absolute atomic E-state index is 0.260. The number of hydrogen-bond donors (Lipinski definition) is 1. The fraction of sp³-hybridized carbons (Fsp3) is 0.286. The van der Waals surface area contributed by atoms with Crippen molar-refractivity contribution in [1.29, 1.82) is 5.26 Å². The summed E-state index contributed by atoms with van der Waals surface area (Å²) in [5.74, 6) is -1.89. The van der Waals surface area contributed by atoms with Crippen molar-refractivity contribution in [3.05, 3.63) is 41.5 Å². The summed E-state index contributed by atoms with van der Waals surface area (Å²) in [4.78, 5) is 13.4. The Morgan fingerprint density at radius 1 is 1.45 bits per heavy atom. The van der Waals surface area contributed by atoms with Gasteiger partial charge in [0.2, 0.25) is 5.91 Å². The lowest BCUT2D eigenvalue weighted by atomic mass is 10.1. The Hall–Kier alpha value is -2.26. The highest BCUT2D eigenvalue weighted by Gasteiger charge is 2.24. The van der Waals surface area contributed by atoms with Gasteiger partial charge >= 0.3 is 0 Å². The predicted octanol–water partition coefficient (Wildman–Crippen LogP) is 1.30. The highest BCUT2D eigenvalue weighted by Crippen LogP contribution is 2.14. The Morgan fingerprint density at radius 3 is 2.80 bits per heavy atom. The van der Waals surface area contributed by atoms with Crippen LogP contribution in [-0.4, -0.2) is 36.5 Å². The first kappa shape index (κ1) is 14.2. The van der Waals surface area contributed by atoms with Crippen molar-refractivity contribution >= 4 is 12.0 Å². The van der Waals surface area contributed by atoms with Crippen LogP contribution >= 0.6 is 0 Å². The largest absolute Gasteiger partial charge is 0.321 e. The SMILES string of the molecule is N#CC1CNCCN1C(=O)/C=C/c1c(F)cccc1F. The van der Waals surface area contributed by atoms with E-state index in [0.717, 1.165) is 24.3 Å². The zero-order valence-corrected chi connectivity index (χ0v) is 10.6. The molecule has 1 aliphatic rings. The summed E-state index contributed by atoms with van der Waals surface area (Å²) in [6.07, 6.45) is 2.20. The third kappa shape index (κ3) is 3.00. The first-order chi connectivity index (χ1) is 9.63. The van der Waals surface area contributed by atoms with E-state index < -0.39 is 23.6 Å². The highest BCUT2D eigenvalue weighted by molar-refractivity contribution is 5.92. The van der Waals surface area contributed by atoms with E-state index in [-0.39, 0.29) is 5.56 Å². The molecule has 2 rings (SSSR count). The fourth-order valence-electron chi connectivity index (χ4n) is 2.00. The zero-order chi connectivity index (χ0) is 14.5. The van der Waals surface area contributed by atoms with Crippen molar-refractivity contribution in [3.63, 3.8) is 0 Å². The number of halogens is 2. The zero-order valence-electron chi connectivity index (χ0n) is 10.6. The number of hydrogen-bond acceptors (Lipinski definition) is 3. The molecule has 1 unspecified atom stereocenters. The summed E-state index contributed by atoms with van der Waals surface area (Å²) in [5.41, 5.74) is -0.260. The standard InChI is InChI=1S/C14H13F2N3O/c15-12-2-1-3-13(16)11(12)4-5-14(20)19-7-6-18-9-10(19)8-17/h1-5,10,18H,6-7,9H2/b5-4+. The van der Waals surface area contributed by atoms with E-state index in [1.807, 2.05) is 6.07 Å². The van der Waals surface area contributed by atoms with Gasteiger partial charge in [0.25, 0.3) is 0 Å². The van der Waals surface area contributed by atoms with Crippen LogP contribution in [0, 0.1) is 23.0 Å². The first-order valence-corrected chi connectivity index (χ1v) is 6.16. The summed E-state index contributed by atoms with van der Waals surface area (Å²) in [6, 6.07) is 4.95. The number of rotatable bonds is 2. The molecule has 0 radical (unpaired) electrons. The van der Waals surface area contributed by atoms with Gasteiger partial charge in [-0.1, -0.05) is 6.07 Å². The lowest BCUT2D eigenvalue weighted by Crippen LogP contribution is -2.52. The number of nitriles is 1. The monoisotopic (exact) mass is 277 g/mol. The van der Waals surface area contributed by atoms with Crippen LogP contribution in [0.2, 0.25) is 0 Å². The van der Waals surface area contributed by atoms with Crippen LogP contribution in [0.4, 0.5) is 8.78 Å². The van der Waals surface area contributed by atoms with Crippen LogP contribution in [0.25, 0.3) is 6.08 Å². The molecule has 0 spiro atoms. The average Bonchev–Trinajstić information content (AvgIpc) is 2.46. The predicted molar refractivity (Wildman–Crippen MR) is 69.4 cm³/mol. The molecule has 1 amide bonds. The molecule has 1 aromatic rings. The summed E-state index contributed by atoms with van der Waals surface area (Å²) in [5, 5.41) is 12.0. The summed E-state index contributed by atoms with van der Waals surface area (Å²) in [7, 11) is 0. The Labute approximate surface area is 115 Å². The maximum Gasteiger partial charge on any atom is 0.247 e. The van der Waals surface area contributed by atoms with E-state index in [9.17, 15) is 13.6 Å². The number of benzene rings is 1. The van der Waals surface area contributed by atoms with E-state index in [2.05, 4.69) is 5.32 Å². The Balaban J connectivity index is 2.15. The van der Waals surface area contributed by atoms with Crippen LogP contribution in [-0.2, 0) is 4.79 Å². The second-order valence-electron chi connectivity index (χ2n) is 4.35. The van der Waals surface area contributed by atoms with Crippen LogP contribution in [0.3, 0.4) is 0 Å². The number of piperazine rings is 1. The van der Waals surface area contributed by atoms with Crippen molar-refractivity contribution in [2.45, 2.75) is 6.04 Å². The van der Waals surface area contributed by atoms with Crippen molar-refractivity contribution < 1.29 is 13.6 Å². The van der Waals surface area contributed by atoms with Gasteiger partial charge in [0, 0.05) is 31.3 Å². The lowest BCUT2D eigenvalue weighted by Gasteiger charge is -2.31. The molecule has 1 aliphatic heterocycles. The van der Waals surface area contributed by atoms with E-state index >= 15 is 0 Å². The lowest BCUT2D eigenvalue weighted by molar-refractivity contribution is -0.127. The smallest absolute Gasteiger partial charge is 0.247 e. The Kier molecular flexibility index (Phi) is 4.43. The molecule has 0 bridgehead atoms. The topological polar surface area (TPSA) is 56.1 Å². The van der Waals surface area contributed by atoms with Gasteiger partial charge in [-0.2, -0.15) is 5.26 Å². The van der Waals surface area contributed by atoms with Crippen molar-refractivity contribution in [3.8, 4) is 6.07 Å². The minimum Gasteiger partial charge on any atom is -0.321 e. The molecule has 1 saturated heterocycles. The molecule has 0 saturated carbocycles. The van der Waals surface area contributed by atoms with E-state index in [1.54, 1.807) is 0 Å². The molecule has 104 valence electrons. The molecule has 1 aromatic carbocycles. The van der Waals surface area contributed by atoms with Gasteiger partial charge in [-0.3, -0.25) is 4.79 Å². The van der Waals surface area contributed by atoms with Crippen LogP contribution in [0.15, 0.2) is 24.3 Å². The molecule has 1 atom stereocenters. The molecule has 1 N–H and O–H groups in total. The molecule has 1 fully saturated rings. The van der Waals surface area contributed by atoms with Gasteiger partial charge in [-0.05, 0) is 18.2 Å². The second kappa shape index (κ2) is 6.26. The first-order valence-electron chi connectivity index (χ1n) is 6.16. The van der Waals surface area contributed by atoms with Crippen LogP contribution in [0.1, 0.15) is 5.56 Å². The van der Waals surface area contributed by atoms with Gasteiger partial charge in [-0.15, -0.1) is 0 Å². The van der Waals surface area contributed by atoms with Gasteiger partial charge in [0.15, 0.2) is 0 Å². The number of nitrogens with one attached hydrogen (secondary N) is 1. The Bertz CT molecular complexity index is 560. The molecule has 20 heavy (non-hydrogen) atoms. The second-order valence-corrected chi connectivity index (χ2v) is 4.35. The fourth-order valence-corrected chi connectivity index (χ4v) is 2.00. The molecule has 4 nitrogen and oxygen atoms in total. The molecular formula is C14H13F2N3O. The van der Waals surface area contributed by atoms with Crippen LogP contribution < -0.4 is 5.32 Å². The van der Waals surface area contributed by atoms with E-state index in [1.165, 1.54) is 11.0 Å². The molecule has 0 aromatic heterocycles. The number of carbonyl (C=O) groups excluding carboxylic acids is 1. The maximum absolute atomic E-state index is 13.4. The van der Waals surface area contributed by atoms with Gasteiger partial charge in [0.1, 0.15) is 17.7 Å². The summed E-state index contributed by atoms with van der Waals surface area (Å²) >= 11 is 0. The normalized spacial score (nSPS) is 19.1. The van der Waals surface area contributed by atoms with Gasteiger partial charge in [-0.25, -0.2) is 8.78 Å². The van der Waals surface area contributed by atoms with E-state index in [4.69, 9.17) is 5.26 Å². The molecule has 1 heterocycles. The summed E-state index contributed by atoms with van der Waals surface area (Å²) < 4.78 is 26.8.